The van der Waals surface area contributed by atoms with E-state index in [-0.39, 0.29) is 5.75 Å². The maximum Gasteiger partial charge on any atom is 0.124 e. The van der Waals surface area contributed by atoms with E-state index in [1.807, 2.05) is 18.2 Å². The third-order valence-corrected chi connectivity index (χ3v) is 4.21. The van der Waals surface area contributed by atoms with Gasteiger partial charge in [-0.3, -0.25) is 0 Å². The molecule has 0 bridgehead atoms. The maximum atomic E-state index is 10.0. The molecule has 0 heterocycles. The van der Waals surface area contributed by atoms with Crippen molar-refractivity contribution in [2.75, 3.05) is 0 Å². The smallest absolute Gasteiger partial charge is 0.124 e. The molecule has 0 amide bonds. The molecule has 2 nitrogen and oxygen atoms in total. The molecule has 2 aromatic rings. The lowest BCUT2D eigenvalue weighted by Crippen LogP contribution is -1.87. The van der Waals surface area contributed by atoms with Gasteiger partial charge in [-0.25, -0.2) is 0 Å². The third kappa shape index (κ3) is 5.14. The molecule has 0 aromatic heterocycles. The Bertz CT molecular complexity index is 653. The van der Waals surface area contributed by atoms with Gasteiger partial charge in [-0.05, 0) is 42.2 Å². The van der Waals surface area contributed by atoms with E-state index in [1.165, 1.54) is 50.2 Å². The number of phenols is 1. The molecule has 0 unspecified atom stereocenters. The van der Waals surface area contributed by atoms with E-state index in [9.17, 15) is 5.11 Å². The van der Waals surface area contributed by atoms with E-state index in [2.05, 4.69) is 19.1 Å². The summed E-state index contributed by atoms with van der Waals surface area (Å²) < 4.78 is 0. The van der Waals surface area contributed by atoms with Crippen LogP contribution in [0.1, 0.15) is 56.6 Å². The zero-order valence-electron chi connectivity index (χ0n) is 13.9. The first-order valence-electron chi connectivity index (χ1n) is 8.57. The number of rotatable bonds is 8. The molecule has 0 aliphatic heterocycles. The van der Waals surface area contributed by atoms with Crippen molar-refractivity contribution in [2.45, 2.75) is 51.9 Å². The zero-order chi connectivity index (χ0) is 16.5. The van der Waals surface area contributed by atoms with Crippen LogP contribution in [0.4, 0.5) is 0 Å². The van der Waals surface area contributed by atoms with Crippen molar-refractivity contribution < 1.29 is 5.11 Å². The SMILES string of the molecule is CCCCCCCCc1ccc(-c2ccc(C#N)cc2O)cc1. The number of nitriles is 1. The van der Waals surface area contributed by atoms with Gasteiger partial charge in [0.2, 0.25) is 0 Å². The van der Waals surface area contributed by atoms with Crippen LogP contribution in [0.25, 0.3) is 11.1 Å². The van der Waals surface area contributed by atoms with E-state index in [1.54, 1.807) is 12.1 Å². The first-order valence-corrected chi connectivity index (χ1v) is 8.57. The van der Waals surface area contributed by atoms with Crippen LogP contribution in [0.5, 0.6) is 5.75 Å². The molecule has 1 N–H and O–H groups in total. The molecule has 0 aliphatic carbocycles. The van der Waals surface area contributed by atoms with Crippen LogP contribution in [0.15, 0.2) is 42.5 Å². The van der Waals surface area contributed by atoms with Gasteiger partial charge in [0, 0.05) is 5.56 Å². The van der Waals surface area contributed by atoms with Crippen LogP contribution in [0.2, 0.25) is 0 Å². The summed E-state index contributed by atoms with van der Waals surface area (Å²) in [5.74, 6) is 0.160. The molecule has 0 aliphatic rings. The van der Waals surface area contributed by atoms with Crippen LogP contribution in [0, 0.1) is 11.3 Å². The number of hydrogen-bond donors (Lipinski definition) is 1. The van der Waals surface area contributed by atoms with Gasteiger partial charge in [0.05, 0.1) is 11.6 Å². The monoisotopic (exact) mass is 307 g/mol. The van der Waals surface area contributed by atoms with E-state index in [0.29, 0.717) is 5.56 Å². The van der Waals surface area contributed by atoms with E-state index < -0.39 is 0 Å². The fourth-order valence-electron chi connectivity index (χ4n) is 2.81. The van der Waals surface area contributed by atoms with Gasteiger partial charge < -0.3 is 5.11 Å². The van der Waals surface area contributed by atoms with Crippen molar-refractivity contribution in [1.82, 2.24) is 0 Å². The Morgan fingerprint density at radius 2 is 1.61 bits per heavy atom. The summed E-state index contributed by atoms with van der Waals surface area (Å²) >= 11 is 0. The molecule has 0 saturated carbocycles. The highest BCUT2D eigenvalue weighted by Crippen LogP contribution is 2.30. The molecule has 2 rings (SSSR count). The number of benzene rings is 2. The lowest BCUT2D eigenvalue weighted by Gasteiger charge is -2.07. The summed E-state index contributed by atoms with van der Waals surface area (Å²) in [6.45, 7) is 2.24. The van der Waals surface area contributed by atoms with Crippen molar-refractivity contribution >= 4 is 0 Å². The van der Waals surface area contributed by atoms with Crippen LogP contribution >= 0.6 is 0 Å². The Balaban J connectivity index is 1.91. The summed E-state index contributed by atoms with van der Waals surface area (Å²) in [6.07, 6.45) is 9.00. The van der Waals surface area contributed by atoms with Crippen molar-refractivity contribution in [3.05, 3.63) is 53.6 Å². The highest BCUT2D eigenvalue weighted by Gasteiger charge is 2.05. The molecule has 0 saturated heterocycles. The van der Waals surface area contributed by atoms with Gasteiger partial charge in [-0.15, -0.1) is 0 Å². The molecule has 23 heavy (non-hydrogen) atoms. The van der Waals surface area contributed by atoms with Gasteiger partial charge in [0.15, 0.2) is 0 Å². The molecule has 2 aromatic carbocycles. The van der Waals surface area contributed by atoms with E-state index in [0.717, 1.165) is 17.5 Å². The summed E-state index contributed by atoms with van der Waals surface area (Å²) in [5, 5.41) is 18.9. The Labute approximate surface area is 139 Å². The molecular weight excluding hydrogens is 282 g/mol. The number of unbranched alkanes of at least 4 members (excludes halogenated alkanes) is 5. The average Bonchev–Trinajstić information content (AvgIpc) is 2.58. The van der Waals surface area contributed by atoms with Gasteiger partial charge in [0.1, 0.15) is 5.75 Å². The average molecular weight is 307 g/mol. The van der Waals surface area contributed by atoms with Gasteiger partial charge in [0.25, 0.3) is 0 Å². The Morgan fingerprint density at radius 1 is 0.913 bits per heavy atom. The Kier molecular flexibility index (Phi) is 6.69. The Morgan fingerprint density at radius 3 is 2.26 bits per heavy atom. The van der Waals surface area contributed by atoms with Crippen LogP contribution < -0.4 is 0 Å². The van der Waals surface area contributed by atoms with E-state index in [4.69, 9.17) is 5.26 Å². The molecule has 0 spiro atoms. The zero-order valence-corrected chi connectivity index (χ0v) is 13.9. The normalized spacial score (nSPS) is 10.4. The largest absolute Gasteiger partial charge is 0.507 e. The Hall–Kier alpha value is -2.27. The first kappa shape index (κ1) is 17.1. The standard InChI is InChI=1S/C21H25NO/c1-2-3-4-5-6-7-8-17-9-12-19(13-10-17)20-14-11-18(16-22)15-21(20)23/h9-15,23H,2-8H2,1H3. The van der Waals surface area contributed by atoms with Crippen molar-refractivity contribution in [3.63, 3.8) is 0 Å². The summed E-state index contributed by atoms with van der Waals surface area (Å²) in [5.41, 5.74) is 3.58. The lowest BCUT2D eigenvalue weighted by atomic mass is 9.99. The second-order valence-electron chi connectivity index (χ2n) is 6.06. The van der Waals surface area contributed by atoms with Gasteiger partial charge in [-0.1, -0.05) is 63.3 Å². The number of nitrogens with zero attached hydrogens (tertiary/aromatic N) is 1. The highest BCUT2D eigenvalue weighted by molar-refractivity contribution is 5.71. The predicted octanol–water partition coefficient (Wildman–Crippen LogP) is 5.83. The summed E-state index contributed by atoms with van der Waals surface area (Å²) in [6, 6.07) is 15.5. The van der Waals surface area contributed by atoms with Gasteiger partial charge >= 0.3 is 0 Å². The number of aryl methyl sites for hydroxylation is 1. The summed E-state index contributed by atoms with van der Waals surface area (Å²) in [7, 11) is 0. The number of phenolic OH excluding ortho intramolecular Hbond substituents is 1. The molecule has 2 heteroatoms. The topological polar surface area (TPSA) is 44.0 Å². The minimum atomic E-state index is 0.160. The molecule has 0 atom stereocenters. The number of hydrogen-bond acceptors (Lipinski definition) is 2. The maximum absolute atomic E-state index is 10.0. The fourth-order valence-corrected chi connectivity index (χ4v) is 2.81. The minimum absolute atomic E-state index is 0.160. The second-order valence-corrected chi connectivity index (χ2v) is 6.06. The second kappa shape index (κ2) is 9.00. The van der Waals surface area contributed by atoms with Crippen molar-refractivity contribution in [1.29, 1.82) is 5.26 Å². The third-order valence-electron chi connectivity index (χ3n) is 4.21. The van der Waals surface area contributed by atoms with Gasteiger partial charge in [-0.2, -0.15) is 5.26 Å². The molecule has 0 fully saturated rings. The highest BCUT2D eigenvalue weighted by atomic mass is 16.3. The number of aromatic hydroxyl groups is 1. The van der Waals surface area contributed by atoms with Crippen molar-refractivity contribution in [2.24, 2.45) is 0 Å². The van der Waals surface area contributed by atoms with Crippen LogP contribution in [0.3, 0.4) is 0 Å². The predicted molar refractivity (Wildman–Crippen MR) is 95.3 cm³/mol. The van der Waals surface area contributed by atoms with Crippen LogP contribution in [-0.2, 0) is 6.42 Å². The molecular formula is C21H25NO. The molecule has 120 valence electrons. The minimum Gasteiger partial charge on any atom is -0.507 e. The first-order chi connectivity index (χ1) is 11.2. The summed E-state index contributed by atoms with van der Waals surface area (Å²) in [4.78, 5) is 0. The fraction of sp³-hybridized carbons (Fsp3) is 0.381. The molecule has 0 radical (unpaired) electrons. The van der Waals surface area contributed by atoms with E-state index >= 15 is 0 Å². The van der Waals surface area contributed by atoms with Crippen molar-refractivity contribution in [3.8, 4) is 22.9 Å². The van der Waals surface area contributed by atoms with Crippen LogP contribution in [-0.4, -0.2) is 5.11 Å². The quantitative estimate of drug-likeness (QED) is 0.623. The lowest BCUT2D eigenvalue weighted by molar-refractivity contribution is 0.477.